The number of hydrogen-bond acceptors (Lipinski definition) is 4. The quantitative estimate of drug-likeness (QED) is 0.397. The van der Waals surface area contributed by atoms with Crippen LogP contribution in [0.2, 0.25) is 5.02 Å². The Labute approximate surface area is 206 Å². The summed E-state index contributed by atoms with van der Waals surface area (Å²) < 4.78 is 34.2. The maximum Gasteiger partial charge on any atom is 0.263 e. The lowest BCUT2D eigenvalue weighted by Crippen LogP contribution is -2.28. The molecule has 3 aromatic carbocycles. The maximum absolute atomic E-state index is 12.9. The Hall–Kier alpha value is -3.03. The van der Waals surface area contributed by atoms with E-state index in [1.54, 1.807) is 18.2 Å². The lowest BCUT2D eigenvalue weighted by Gasteiger charge is -2.22. The van der Waals surface area contributed by atoms with E-state index in [1.165, 1.54) is 18.2 Å². The molecule has 0 aliphatic carbocycles. The van der Waals surface area contributed by atoms with E-state index in [4.69, 9.17) is 16.3 Å². The fourth-order valence-electron chi connectivity index (χ4n) is 3.41. The first-order valence-electron chi connectivity index (χ1n) is 10.9. The SMILES string of the molecule is Cc1cccc(NS(=O)(=O)c2cc(C(=O)NCCOc3ccccc3C(C)(C)C)ccc2Cl)c1. The van der Waals surface area contributed by atoms with Crippen molar-refractivity contribution < 1.29 is 17.9 Å². The number of aryl methyl sites for hydroxylation is 1. The van der Waals surface area contributed by atoms with Crippen LogP contribution in [0.25, 0.3) is 0 Å². The van der Waals surface area contributed by atoms with E-state index in [0.29, 0.717) is 5.69 Å². The molecule has 6 nitrogen and oxygen atoms in total. The van der Waals surface area contributed by atoms with Crippen molar-refractivity contribution in [2.45, 2.75) is 38.0 Å². The van der Waals surface area contributed by atoms with Gasteiger partial charge in [0.25, 0.3) is 15.9 Å². The lowest BCUT2D eigenvalue weighted by atomic mass is 9.86. The highest BCUT2D eigenvalue weighted by Crippen LogP contribution is 2.31. The minimum absolute atomic E-state index is 0.0267. The third-order valence-corrected chi connectivity index (χ3v) is 6.96. The first-order valence-corrected chi connectivity index (χ1v) is 12.7. The summed E-state index contributed by atoms with van der Waals surface area (Å²) >= 11 is 6.16. The number of carbonyl (C=O) groups excluding carboxylic acids is 1. The molecule has 180 valence electrons. The average Bonchev–Trinajstić information content (AvgIpc) is 2.76. The smallest absolute Gasteiger partial charge is 0.263 e. The summed E-state index contributed by atoms with van der Waals surface area (Å²) in [7, 11) is -3.98. The van der Waals surface area contributed by atoms with E-state index in [0.717, 1.165) is 16.9 Å². The van der Waals surface area contributed by atoms with Crippen molar-refractivity contribution in [3.63, 3.8) is 0 Å². The van der Waals surface area contributed by atoms with Gasteiger partial charge in [0.1, 0.15) is 17.3 Å². The molecule has 0 saturated carbocycles. The predicted molar refractivity (Wildman–Crippen MR) is 136 cm³/mol. The number of rotatable bonds is 8. The summed E-state index contributed by atoms with van der Waals surface area (Å²) in [6.07, 6.45) is 0. The van der Waals surface area contributed by atoms with Crippen molar-refractivity contribution in [1.82, 2.24) is 5.32 Å². The van der Waals surface area contributed by atoms with E-state index in [9.17, 15) is 13.2 Å². The van der Waals surface area contributed by atoms with Crippen LogP contribution in [0.3, 0.4) is 0 Å². The molecule has 3 aromatic rings. The van der Waals surface area contributed by atoms with Gasteiger partial charge in [-0.05, 0) is 59.9 Å². The molecule has 0 atom stereocenters. The third-order valence-electron chi connectivity index (χ3n) is 5.09. The molecule has 1 amide bonds. The number of ether oxygens (including phenoxy) is 1. The van der Waals surface area contributed by atoms with Crippen LogP contribution in [0.15, 0.2) is 71.6 Å². The molecule has 0 aliphatic rings. The number of amides is 1. The van der Waals surface area contributed by atoms with Crippen LogP contribution >= 0.6 is 11.6 Å². The maximum atomic E-state index is 12.9. The van der Waals surface area contributed by atoms with Crippen LogP contribution in [0.5, 0.6) is 5.75 Å². The van der Waals surface area contributed by atoms with Crippen LogP contribution in [-0.2, 0) is 15.4 Å². The standard InChI is InChI=1S/C26H29ClN2O4S/c1-18-8-7-9-20(16-18)29-34(31,32)24-17-19(12-13-22(24)27)25(30)28-14-15-33-23-11-6-5-10-21(23)26(2,3)4/h5-13,16-17,29H,14-15H2,1-4H3,(H,28,30). The van der Waals surface area contributed by atoms with E-state index in [2.05, 4.69) is 30.8 Å². The second-order valence-electron chi connectivity index (χ2n) is 8.97. The van der Waals surface area contributed by atoms with Crippen molar-refractivity contribution >= 4 is 33.2 Å². The normalized spacial score (nSPS) is 11.7. The molecule has 2 N–H and O–H groups in total. The molecule has 0 unspecified atom stereocenters. The second kappa shape index (κ2) is 10.5. The first kappa shape index (κ1) is 25.6. The number of hydrogen-bond donors (Lipinski definition) is 2. The summed E-state index contributed by atoms with van der Waals surface area (Å²) in [6.45, 7) is 8.71. The van der Waals surface area contributed by atoms with E-state index < -0.39 is 15.9 Å². The largest absolute Gasteiger partial charge is 0.491 e. The predicted octanol–water partition coefficient (Wildman–Crippen LogP) is 5.56. The molecule has 0 heterocycles. The van der Waals surface area contributed by atoms with Gasteiger partial charge >= 0.3 is 0 Å². The summed E-state index contributed by atoms with van der Waals surface area (Å²) in [4.78, 5) is 12.5. The van der Waals surface area contributed by atoms with Gasteiger partial charge in [0.05, 0.1) is 11.6 Å². The summed E-state index contributed by atoms with van der Waals surface area (Å²) in [5.41, 5.74) is 2.52. The highest BCUT2D eigenvalue weighted by atomic mass is 35.5. The average molecular weight is 501 g/mol. The van der Waals surface area contributed by atoms with Gasteiger partial charge in [0.2, 0.25) is 0 Å². The van der Waals surface area contributed by atoms with Crippen molar-refractivity contribution in [3.8, 4) is 5.75 Å². The zero-order valence-electron chi connectivity index (χ0n) is 19.7. The molecule has 0 saturated heterocycles. The molecule has 34 heavy (non-hydrogen) atoms. The number of benzene rings is 3. The van der Waals surface area contributed by atoms with Crippen LogP contribution in [-0.4, -0.2) is 27.5 Å². The molecular formula is C26H29ClN2O4S. The molecule has 3 rings (SSSR count). The van der Waals surface area contributed by atoms with Crippen molar-refractivity contribution in [1.29, 1.82) is 0 Å². The highest BCUT2D eigenvalue weighted by Gasteiger charge is 2.21. The fraction of sp³-hybridized carbons (Fsp3) is 0.269. The Morgan fingerprint density at radius 2 is 1.74 bits per heavy atom. The Kier molecular flexibility index (Phi) is 7.89. The lowest BCUT2D eigenvalue weighted by molar-refractivity contribution is 0.0946. The minimum Gasteiger partial charge on any atom is -0.491 e. The van der Waals surface area contributed by atoms with E-state index in [-0.39, 0.29) is 34.0 Å². The number of anilines is 1. The minimum atomic E-state index is -3.98. The number of nitrogens with one attached hydrogen (secondary N) is 2. The Morgan fingerprint density at radius 1 is 1.00 bits per heavy atom. The first-order chi connectivity index (χ1) is 16.0. The topological polar surface area (TPSA) is 84.5 Å². The Morgan fingerprint density at radius 3 is 2.44 bits per heavy atom. The van der Waals surface area contributed by atoms with Crippen molar-refractivity contribution in [2.24, 2.45) is 0 Å². The highest BCUT2D eigenvalue weighted by molar-refractivity contribution is 7.92. The third kappa shape index (κ3) is 6.52. The van der Waals surface area contributed by atoms with E-state index in [1.807, 2.05) is 37.3 Å². The van der Waals surface area contributed by atoms with Crippen LogP contribution in [0.1, 0.15) is 42.3 Å². The molecule has 0 bridgehead atoms. The monoisotopic (exact) mass is 500 g/mol. The molecule has 0 fully saturated rings. The molecule has 0 radical (unpaired) electrons. The van der Waals surface area contributed by atoms with Gasteiger partial charge < -0.3 is 10.1 Å². The number of sulfonamides is 1. The second-order valence-corrected chi connectivity index (χ2v) is 11.0. The van der Waals surface area contributed by atoms with Gasteiger partial charge in [-0.25, -0.2) is 8.42 Å². The van der Waals surface area contributed by atoms with Crippen molar-refractivity contribution in [2.75, 3.05) is 17.9 Å². The molecule has 0 spiro atoms. The Balaban J connectivity index is 1.66. The number of para-hydroxylation sites is 1. The molecule has 0 aliphatic heterocycles. The van der Waals surface area contributed by atoms with Crippen LogP contribution in [0.4, 0.5) is 5.69 Å². The summed E-state index contributed by atoms with van der Waals surface area (Å²) in [5, 5.41) is 2.79. The molecular weight excluding hydrogens is 472 g/mol. The van der Waals surface area contributed by atoms with Gasteiger partial charge in [-0.15, -0.1) is 0 Å². The van der Waals surface area contributed by atoms with Crippen LogP contribution < -0.4 is 14.8 Å². The summed E-state index contributed by atoms with van der Waals surface area (Å²) in [6, 6.07) is 18.9. The zero-order chi connectivity index (χ0) is 24.9. The van der Waals surface area contributed by atoms with Gasteiger partial charge in [-0.2, -0.15) is 0 Å². The fourth-order valence-corrected chi connectivity index (χ4v) is 4.99. The van der Waals surface area contributed by atoms with Gasteiger partial charge in [-0.3, -0.25) is 9.52 Å². The molecule has 8 heteroatoms. The van der Waals surface area contributed by atoms with Gasteiger partial charge in [-0.1, -0.05) is 62.7 Å². The van der Waals surface area contributed by atoms with Gasteiger partial charge in [0.15, 0.2) is 0 Å². The summed E-state index contributed by atoms with van der Waals surface area (Å²) in [5.74, 6) is 0.350. The number of halogens is 1. The van der Waals surface area contributed by atoms with Gasteiger partial charge in [0, 0.05) is 11.3 Å². The van der Waals surface area contributed by atoms with E-state index >= 15 is 0 Å². The zero-order valence-corrected chi connectivity index (χ0v) is 21.3. The van der Waals surface area contributed by atoms with Crippen molar-refractivity contribution in [3.05, 3.63) is 88.4 Å². The Bertz CT molecular complexity index is 1280. The van der Waals surface area contributed by atoms with Crippen LogP contribution in [0, 0.1) is 6.92 Å². The molecule has 0 aromatic heterocycles. The number of carbonyl (C=O) groups is 1.